The maximum Gasteiger partial charge on any atom is 0.265 e. The van der Waals surface area contributed by atoms with E-state index < -0.39 is 17.3 Å². The minimum Gasteiger partial charge on any atom is -0.372 e. The predicted octanol–water partition coefficient (Wildman–Crippen LogP) is 3.70. The highest BCUT2D eigenvalue weighted by atomic mass is 19.1. The Balaban J connectivity index is 2.06. The molecule has 0 aliphatic heterocycles. The van der Waals surface area contributed by atoms with E-state index >= 15 is 0 Å². The summed E-state index contributed by atoms with van der Waals surface area (Å²) >= 11 is 0. The zero-order chi connectivity index (χ0) is 17.0. The van der Waals surface area contributed by atoms with Gasteiger partial charge in [-0.2, -0.15) is 0 Å². The van der Waals surface area contributed by atoms with Gasteiger partial charge in [-0.3, -0.25) is 4.79 Å². The van der Waals surface area contributed by atoms with Crippen LogP contribution in [0.5, 0.6) is 0 Å². The molecule has 3 aromatic carbocycles. The number of carbonyl (C=O) groups is 1. The Kier molecular flexibility index (Phi) is 4.40. The Morgan fingerprint density at radius 2 is 1.25 bits per heavy atom. The Labute approximate surface area is 139 Å². The molecule has 3 aromatic rings. The first-order valence-electron chi connectivity index (χ1n) is 7.52. The standard InChI is InChI=1S/C20H16FNO2/c21-17-13-7-8-14-18(17)22-19(23)20(24,15-9-3-1-4-10-15)16-11-5-2-6-12-16/h1-14,24H,(H,22,23). The number of hydrogen-bond acceptors (Lipinski definition) is 2. The van der Waals surface area contributed by atoms with Gasteiger partial charge < -0.3 is 10.4 Å². The molecule has 0 unspecified atom stereocenters. The average Bonchev–Trinajstić information content (AvgIpc) is 2.64. The fourth-order valence-electron chi connectivity index (χ4n) is 2.56. The van der Waals surface area contributed by atoms with Crippen LogP contribution < -0.4 is 5.32 Å². The lowest BCUT2D eigenvalue weighted by atomic mass is 9.85. The zero-order valence-corrected chi connectivity index (χ0v) is 12.8. The van der Waals surface area contributed by atoms with Crippen molar-refractivity contribution in [2.75, 3.05) is 5.32 Å². The Morgan fingerprint density at radius 1 is 0.792 bits per heavy atom. The maximum absolute atomic E-state index is 13.8. The van der Waals surface area contributed by atoms with Crippen molar-refractivity contribution in [3.63, 3.8) is 0 Å². The lowest BCUT2D eigenvalue weighted by Crippen LogP contribution is -2.41. The fourth-order valence-corrected chi connectivity index (χ4v) is 2.56. The van der Waals surface area contributed by atoms with Gasteiger partial charge in [0.1, 0.15) is 5.82 Å². The van der Waals surface area contributed by atoms with Crippen LogP contribution in [0.4, 0.5) is 10.1 Å². The normalized spacial score (nSPS) is 11.1. The number of halogens is 1. The highest BCUT2D eigenvalue weighted by Gasteiger charge is 2.40. The second-order valence-corrected chi connectivity index (χ2v) is 5.38. The van der Waals surface area contributed by atoms with Crippen LogP contribution in [0.25, 0.3) is 0 Å². The highest BCUT2D eigenvalue weighted by molar-refractivity contribution is 6.00. The lowest BCUT2D eigenvalue weighted by Gasteiger charge is -2.28. The smallest absolute Gasteiger partial charge is 0.265 e. The van der Waals surface area contributed by atoms with E-state index in [1.54, 1.807) is 66.7 Å². The second kappa shape index (κ2) is 6.64. The van der Waals surface area contributed by atoms with Gasteiger partial charge in [-0.1, -0.05) is 72.8 Å². The molecule has 1 amide bonds. The summed E-state index contributed by atoms with van der Waals surface area (Å²) in [5.74, 6) is -1.28. The minimum atomic E-state index is -1.93. The molecule has 0 saturated heterocycles. The minimum absolute atomic E-state index is 0.0211. The summed E-state index contributed by atoms with van der Waals surface area (Å²) in [6.07, 6.45) is 0. The molecule has 0 aliphatic carbocycles. The number of aliphatic hydroxyl groups is 1. The van der Waals surface area contributed by atoms with Gasteiger partial charge in [-0.05, 0) is 23.3 Å². The molecule has 120 valence electrons. The van der Waals surface area contributed by atoms with E-state index in [-0.39, 0.29) is 5.69 Å². The SMILES string of the molecule is O=C(Nc1ccccc1F)C(O)(c1ccccc1)c1ccccc1. The van der Waals surface area contributed by atoms with Gasteiger partial charge in [0.15, 0.2) is 5.60 Å². The fraction of sp³-hybridized carbons (Fsp3) is 0.0500. The largest absolute Gasteiger partial charge is 0.372 e. The lowest BCUT2D eigenvalue weighted by molar-refractivity contribution is -0.131. The van der Waals surface area contributed by atoms with Crippen molar-refractivity contribution >= 4 is 11.6 Å². The third kappa shape index (κ3) is 2.92. The molecule has 0 fully saturated rings. The van der Waals surface area contributed by atoms with Crippen LogP contribution in [0.2, 0.25) is 0 Å². The molecule has 3 nitrogen and oxygen atoms in total. The van der Waals surface area contributed by atoms with Crippen molar-refractivity contribution in [1.29, 1.82) is 0 Å². The molecule has 0 atom stereocenters. The number of hydrogen-bond donors (Lipinski definition) is 2. The zero-order valence-electron chi connectivity index (χ0n) is 12.8. The molecular weight excluding hydrogens is 305 g/mol. The van der Waals surface area contributed by atoms with E-state index in [4.69, 9.17) is 0 Å². The predicted molar refractivity (Wildman–Crippen MR) is 90.9 cm³/mol. The van der Waals surface area contributed by atoms with E-state index in [0.717, 1.165) is 0 Å². The molecule has 2 N–H and O–H groups in total. The summed E-state index contributed by atoms with van der Waals surface area (Å²) in [6, 6.07) is 23.0. The van der Waals surface area contributed by atoms with Gasteiger partial charge in [0.05, 0.1) is 5.69 Å². The second-order valence-electron chi connectivity index (χ2n) is 5.38. The van der Waals surface area contributed by atoms with Crippen LogP contribution >= 0.6 is 0 Å². The summed E-state index contributed by atoms with van der Waals surface area (Å²) in [5.41, 5.74) is -1.09. The van der Waals surface area contributed by atoms with Gasteiger partial charge >= 0.3 is 0 Å². The highest BCUT2D eigenvalue weighted by Crippen LogP contribution is 2.31. The number of anilines is 1. The number of para-hydroxylation sites is 1. The number of nitrogens with one attached hydrogen (secondary N) is 1. The summed E-state index contributed by atoms with van der Waals surface area (Å²) in [6.45, 7) is 0. The number of carbonyl (C=O) groups excluding carboxylic acids is 1. The Hall–Kier alpha value is -2.98. The van der Waals surface area contributed by atoms with E-state index in [1.807, 2.05) is 0 Å². The molecule has 3 rings (SSSR count). The molecule has 0 radical (unpaired) electrons. The van der Waals surface area contributed by atoms with Crippen LogP contribution in [0.3, 0.4) is 0 Å². The first kappa shape index (κ1) is 15.9. The molecule has 0 aliphatic rings. The van der Waals surface area contributed by atoms with Crippen molar-refractivity contribution in [3.05, 3.63) is 102 Å². The van der Waals surface area contributed by atoms with Gasteiger partial charge in [0.2, 0.25) is 0 Å². The quantitative estimate of drug-likeness (QED) is 0.770. The van der Waals surface area contributed by atoms with Crippen LogP contribution in [-0.4, -0.2) is 11.0 Å². The third-order valence-corrected chi connectivity index (χ3v) is 3.83. The van der Waals surface area contributed by atoms with Gasteiger partial charge in [0.25, 0.3) is 5.91 Å². The topological polar surface area (TPSA) is 49.3 Å². The van der Waals surface area contributed by atoms with Crippen LogP contribution in [-0.2, 0) is 10.4 Å². The average molecular weight is 321 g/mol. The van der Waals surface area contributed by atoms with Crippen molar-refractivity contribution in [1.82, 2.24) is 0 Å². The first-order valence-corrected chi connectivity index (χ1v) is 7.52. The van der Waals surface area contributed by atoms with Crippen LogP contribution in [0.1, 0.15) is 11.1 Å². The molecule has 0 heterocycles. The first-order chi connectivity index (χ1) is 11.6. The molecular formula is C20H16FNO2. The van der Waals surface area contributed by atoms with E-state index in [9.17, 15) is 14.3 Å². The van der Waals surface area contributed by atoms with Crippen LogP contribution in [0, 0.1) is 5.82 Å². The van der Waals surface area contributed by atoms with Crippen molar-refractivity contribution in [2.45, 2.75) is 5.60 Å². The molecule has 0 bridgehead atoms. The summed E-state index contributed by atoms with van der Waals surface area (Å²) < 4.78 is 13.8. The monoisotopic (exact) mass is 321 g/mol. The summed E-state index contributed by atoms with van der Waals surface area (Å²) in [5, 5.41) is 13.7. The van der Waals surface area contributed by atoms with Crippen molar-refractivity contribution in [3.8, 4) is 0 Å². The van der Waals surface area contributed by atoms with Gasteiger partial charge in [-0.15, -0.1) is 0 Å². The molecule has 0 spiro atoms. The van der Waals surface area contributed by atoms with Crippen molar-refractivity contribution in [2.24, 2.45) is 0 Å². The number of amides is 1. The third-order valence-electron chi connectivity index (χ3n) is 3.83. The molecule has 4 heteroatoms. The summed E-state index contributed by atoms with van der Waals surface area (Å²) in [7, 11) is 0. The van der Waals surface area contributed by atoms with E-state index in [1.165, 1.54) is 18.2 Å². The van der Waals surface area contributed by atoms with Gasteiger partial charge in [-0.25, -0.2) is 4.39 Å². The Bertz CT molecular complexity index is 795. The van der Waals surface area contributed by atoms with E-state index in [0.29, 0.717) is 11.1 Å². The van der Waals surface area contributed by atoms with Crippen molar-refractivity contribution < 1.29 is 14.3 Å². The van der Waals surface area contributed by atoms with E-state index in [2.05, 4.69) is 5.32 Å². The number of benzene rings is 3. The number of rotatable bonds is 4. The summed E-state index contributed by atoms with van der Waals surface area (Å²) in [4.78, 5) is 12.9. The van der Waals surface area contributed by atoms with Gasteiger partial charge in [0, 0.05) is 0 Å². The molecule has 0 saturated carbocycles. The Morgan fingerprint density at radius 3 is 1.75 bits per heavy atom. The van der Waals surface area contributed by atoms with Crippen LogP contribution in [0.15, 0.2) is 84.9 Å². The molecule has 24 heavy (non-hydrogen) atoms. The maximum atomic E-state index is 13.8. The molecule has 0 aromatic heterocycles.